The van der Waals surface area contributed by atoms with Crippen LogP contribution in [0.3, 0.4) is 0 Å². The summed E-state index contributed by atoms with van der Waals surface area (Å²) in [7, 11) is 1.62. The average Bonchev–Trinajstić information content (AvgIpc) is 3.30. The van der Waals surface area contributed by atoms with E-state index >= 15 is 0 Å². The topological polar surface area (TPSA) is 105 Å². The van der Waals surface area contributed by atoms with Gasteiger partial charge in [0.1, 0.15) is 17.8 Å². The number of aromatic nitrogens is 2. The fraction of sp³-hybridized carbons (Fsp3) is 0.630. The van der Waals surface area contributed by atoms with Crippen LogP contribution in [0.25, 0.3) is 11.4 Å². The summed E-state index contributed by atoms with van der Waals surface area (Å²) in [5, 5.41) is 10.0. The summed E-state index contributed by atoms with van der Waals surface area (Å²) in [6.07, 6.45) is 1.78. The molecule has 2 amide bonds. The number of amides is 2. The summed E-state index contributed by atoms with van der Waals surface area (Å²) in [4.78, 5) is 32.1. The molecule has 2 rings (SSSR count). The first kappa shape index (κ1) is 33.4. The van der Waals surface area contributed by atoms with Crippen LogP contribution in [0.4, 0.5) is 18.7 Å². The number of pyridine rings is 1. The van der Waals surface area contributed by atoms with E-state index in [0.717, 1.165) is 24.2 Å². The van der Waals surface area contributed by atoms with Gasteiger partial charge in [-0.3, -0.25) is 9.78 Å². The van der Waals surface area contributed by atoms with E-state index in [0.29, 0.717) is 23.2 Å². The summed E-state index contributed by atoms with van der Waals surface area (Å²) >= 11 is 1.30. The van der Waals surface area contributed by atoms with Crippen LogP contribution in [-0.2, 0) is 9.53 Å². The Kier molecular flexibility index (Phi) is 13.8. The zero-order chi connectivity index (χ0) is 28.9. The number of thiazole rings is 1. The number of nitrogens with one attached hydrogen (secondary N) is 3. The minimum atomic E-state index is -2.57. The Hall–Kier alpha value is -2.66. The number of alkyl halides is 2. The number of aryl methyl sites for hydroxylation is 1. The molecule has 0 aliphatic rings. The van der Waals surface area contributed by atoms with Crippen LogP contribution in [0.1, 0.15) is 72.9 Å². The lowest BCUT2D eigenvalue weighted by molar-refractivity contribution is -0.115. The Balaban J connectivity index is 0.000000442. The third-order valence-electron chi connectivity index (χ3n) is 5.67. The van der Waals surface area contributed by atoms with E-state index in [-0.39, 0.29) is 18.9 Å². The van der Waals surface area contributed by atoms with E-state index in [1.807, 2.05) is 30.5 Å². The number of ether oxygens (including phenoxy) is 1. The smallest absolute Gasteiger partial charge is 0.408 e. The molecule has 0 aliphatic carbocycles. The highest BCUT2D eigenvalue weighted by Crippen LogP contribution is 2.27. The third-order valence-corrected chi connectivity index (χ3v) is 6.43. The lowest BCUT2D eigenvalue weighted by Crippen LogP contribution is -2.42. The number of halogens is 2. The largest absolute Gasteiger partial charge is 0.444 e. The second-order valence-electron chi connectivity index (χ2n) is 10.2. The maximum atomic E-state index is 13.3. The van der Waals surface area contributed by atoms with Gasteiger partial charge in [-0.15, -0.1) is 11.3 Å². The highest BCUT2D eigenvalue weighted by Gasteiger charge is 2.36. The molecule has 3 N–H and O–H groups in total. The Bertz CT molecular complexity index is 1010. The minimum absolute atomic E-state index is 0.0843. The van der Waals surface area contributed by atoms with E-state index < -0.39 is 23.7 Å². The first-order valence-corrected chi connectivity index (χ1v) is 13.8. The van der Waals surface area contributed by atoms with Gasteiger partial charge in [0.05, 0.1) is 11.7 Å². The second-order valence-corrected chi connectivity index (χ2v) is 11.0. The summed E-state index contributed by atoms with van der Waals surface area (Å²) in [5.41, 5.74) is 1.73. The molecule has 0 radical (unpaired) electrons. The van der Waals surface area contributed by atoms with Gasteiger partial charge < -0.3 is 20.7 Å². The molecule has 2 heterocycles. The molecule has 0 spiro atoms. The Morgan fingerprint density at radius 3 is 2.34 bits per heavy atom. The van der Waals surface area contributed by atoms with Gasteiger partial charge in [-0.25, -0.2) is 18.6 Å². The first-order valence-electron chi connectivity index (χ1n) is 12.9. The maximum Gasteiger partial charge on any atom is 0.408 e. The Morgan fingerprint density at radius 2 is 1.79 bits per heavy atom. The number of nitrogens with zero attached hydrogens (tertiary/aromatic N) is 2. The molecular formula is C27H43F2N5O3S. The number of anilines is 1. The molecule has 2 unspecified atom stereocenters. The molecule has 214 valence electrons. The number of hydrogen-bond acceptors (Lipinski definition) is 7. The predicted octanol–water partition coefficient (Wildman–Crippen LogP) is 6.42. The van der Waals surface area contributed by atoms with Crippen molar-refractivity contribution >= 4 is 28.5 Å². The quantitative estimate of drug-likeness (QED) is 0.295. The monoisotopic (exact) mass is 555 g/mol. The standard InChI is InChI=1S/C16H20N4O3S.C11H23F2N/c1-10-6-5-7-11(18-10)12-9-24-14(19-12)20-13(21)8-17-15(22)23-16(2,3)4;1-5-9(3)7-8-10(14-4)11(12,13)6-2/h5-7,9H,8H2,1-4H3,(H,17,22)(H,19,20,21);9-10,14H,5-8H2,1-4H3. The molecule has 2 atom stereocenters. The van der Waals surface area contributed by atoms with E-state index in [1.54, 1.807) is 27.8 Å². The Morgan fingerprint density at radius 1 is 1.11 bits per heavy atom. The van der Waals surface area contributed by atoms with E-state index in [9.17, 15) is 18.4 Å². The molecule has 0 aliphatic heterocycles. The molecule has 2 aromatic heterocycles. The Labute approximate surface area is 229 Å². The summed E-state index contributed by atoms with van der Waals surface area (Å²) in [5.74, 6) is -2.40. The highest BCUT2D eigenvalue weighted by atomic mass is 32.1. The molecule has 38 heavy (non-hydrogen) atoms. The van der Waals surface area contributed by atoms with Crippen molar-refractivity contribution in [1.29, 1.82) is 0 Å². The van der Waals surface area contributed by atoms with Gasteiger partial charge in [-0.2, -0.15) is 0 Å². The van der Waals surface area contributed by atoms with Crippen LogP contribution >= 0.6 is 11.3 Å². The van der Waals surface area contributed by atoms with Gasteiger partial charge in [0.25, 0.3) is 5.92 Å². The van der Waals surface area contributed by atoms with Gasteiger partial charge in [-0.1, -0.05) is 33.3 Å². The van der Waals surface area contributed by atoms with Gasteiger partial charge >= 0.3 is 6.09 Å². The normalized spacial score (nSPS) is 13.1. The van der Waals surface area contributed by atoms with Gasteiger partial charge in [0.2, 0.25) is 5.91 Å². The summed E-state index contributed by atoms with van der Waals surface area (Å²) < 4.78 is 31.7. The number of carbonyl (C=O) groups excluding carboxylic acids is 2. The third kappa shape index (κ3) is 12.7. The van der Waals surface area contributed by atoms with Gasteiger partial charge in [-0.05, 0) is 65.6 Å². The fourth-order valence-electron chi connectivity index (χ4n) is 3.23. The lowest BCUT2D eigenvalue weighted by Gasteiger charge is -2.26. The number of hydrogen-bond donors (Lipinski definition) is 3. The van der Waals surface area contributed by atoms with Gasteiger partial charge in [0, 0.05) is 17.5 Å². The molecule has 0 aromatic carbocycles. The van der Waals surface area contributed by atoms with Crippen LogP contribution < -0.4 is 16.0 Å². The van der Waals surface area contributed by atoms with Crippen molar-refractivity contribution in [2.75, 3.05) is 18.9 Å². The molecular weight excluding hydrogens is 512 g/mol. The summed E-state index contributed by atoms with van der Waals surface area (Å²) in [6, 6.07) is 5.00. The molecule has 0 fully saturated rings. The van der Waals surface area contributed by atoms with Crippen LogP contribution in [-0.4, -0.2) is 53.1 Å². The second kappa shape index (κ2) is 15.7. The van der Waals surface area contributed by atoms with Crippen LogP contribution in [0.2, 0.25) is 0 Å². The van der Waals surface area contributed by atoms with Crippen molar-refractivity contribution in [2.45, 2.75) is 91.7 Å². The van der Waals surface area contributed by atoms with Crippen molar-refractivity contribution < 1.29 is 23.1 Å². The van der Waals surface area contributed by atoms with Crippen LogP contribution in [0.15, 0.2) is 23.6 Å². The molecule has 0 saturated heterocycles. The average molecular weight is 556 g/mol. The fourth-order valence-corrected chi connectivity index (χ4v) is 3.95. The molecule has 0 saturated carbocycles. The predicted molar refractivity (Wildman–Crippen MR) is 150 cm³/mol. The van der Waals surface area contributed by atoms with Crippen molar-refractivity contribution in [3.8, 4) is 11.4 Å². The van der Waals surface area contributed by atoms with Crippen molar-refractivity contribution in [1.82, 2.24) is 20.6 Å². The molecule has 11 heteroatoms. The molecule has 0 bridgehead atoms. The highest BCUT2D eigenvalue weighted by molar-refractivity contribution is 7.14. The number of carbonyl (C=O) groups is 2. The van der Waals surface area contributed by atoms with E-state index in [1.165, 1.54) is 18.3 Å². The van der Waals surface area contributed by atoms with Gasteiger partial charge in [0.15, 0.2) is 5.13 Å². The van der Waals surface area contributed by atoms with Crippen LogP contribution in [0.5, 0.6) is 0 Å². The van der Waals surface area contributed by atoms with Crippen molar-refractivity contribution in [3.05, 3.63) is 29.3 Å². The zero-order valence-corrected chi connectivity index (χ0v) is 24.6. The molecule has 2 aromatic rings. The summed E-state index contributed by atoms with van der Waals surface area (Å²) in [6.45, 7) is 12.7. The lowest BCUT2D eigenvalue weighted by atomic mass is 9.95. The van der Waals surface area contributed by atoms with Crippen LogP contribution in [0, 0.1) is 12.8 Å². The maximum absolute atomic E-state index is 13.3. The minimum Gasteiger partial charge on any atom is -0.444 e. The number of alkyl carbamates (subject to hydrolysis) is 1. The van der Waals surface area contributed by atoms with E-state index in [4.69, 9.17) is 4.74 Å². The van der Waals surface area contributed by atoms with E-state index in [2.05, 4.69) is 39.8 Å². The first-order chi connectivity index (χ1) is 17.7. The van der Waals surface area contributed by atoms with Crippen molar-refractivity contribution in [2.24, 2.45) is 5.92 Å². The number of rotatable bonds is 11. The SMILES string of the molecule is CCC(C)CCC(NC)C(F)(F)CC.Cc1cccc(-c2csc(NC(=O)CNC(=O)OC(C)(C)C)n2)n1. The zero-order valence-electron chi connectivity index (χ0n) is 23.8. The molecule has 8 nitrogen and oxygen atoms in total. The van der Waals surface area contributed by atoms with Crippen molar-refractivity contribution in [3.63, 3.8) is 0 Å².